The Hall–Kier alpha value is -1.96. The van der Waals surface area contributed by atoms with Gasteiger partial charge in [0.2, 0.25) is 0 Å². The van der Waals surface area contributed by atoms with E-state index in [2.05, 4.69) is 20.5 Å². The Morgan fingerprint density at radius 3 is 2.56 bits per heavy atom. The van der Waals surface area contributed by atoms with Gasteiger partial charge in [0.05, 0.1) is 12.1 Å². The van der Waals surface area contributed by atoms with Crippen molar-refractivity contribution in [3.8, 4) is 0 Å². The molecule has 0 aromatic rings. The summed E-state index contributed by atoms with van der Waals surface area (Å²) in [6.45, 7) is 0.826. The highest BCUT2D eigenvalue weighted by molar-refractivity contribution is 7.80. The normalized spacial score (nSPS) is 29.0. The molecule has 0 unspecified atom stereocenters. The number of nitrogens with zero attached hydrogens (tertiary/aromatic N) is 2. The van der Waals surface area contributed by atoms with Gasteiger partial charge in [-0.25, -0.2) is 4.79 Å². The van der Waals surface area contributed by atoms with Gasteiger partial charge in [-0.05, 0) is 32.2 Å². The third kappa shape index (κ3) is 3.84. The van der Waals surface area contributed by atoms with Crippen LogP contribution >= 0.6 is 0 Å². The van der Waals surface area contributed by atoms with Gasteiger partial charge in [0.15, 0.2) is 0 Å². The van der Waals surface area contributed by atoms with E-state index in [1.54, 1.807) is 0 Å². The number of fused-ring (bicyclic) bond motifs is 2. The first kappa shape index (κ1) is 17.8. The lowest BCUT2D eigenvalue weighted by atomic mass is 10.0. The van der Waals surface area contributed by atoms with Crippen molar-refractivity contribution in [2.45, 2.75) is 43.8 Å². The van der Waals surface area contributed by atoms with Gasteiger partial charge in [0.1, 0.15) is 6.04 Å². The minimum Gasteiger partial charge on any atom is -0.309 e. The van der Waals surface area contributed by atoms with E-state index in [4.69, 9.17) is 4.55 Å². The van der Waals surface area contributed by atoms with E-state index in [0.29, 0.717) is 17.9 Å². The lowest BCUT2D eigenvalue weighted by molar-refractivity contribution is -0.132. The highest BCUT2D eigenvalue weighted by Crippen LogP contribution is 2.30. The highest BCUT2D eigenvalue weighted by Gasteiger charge is 2.49. The smallest absolute Gasteiger partial charge is 0.309 e. The van der Waals surface area contributed by atoms with Crippen LogP contribution in [0.25, 0.3) is 0 Å². The van der Waals surface area contributed by atoms with Crippen LogP contribution in [0.3, 0.4) is 0 Å². The second kappa shape index (κ2) is 6.74. The number of hydroxylamine groups is 2. The van der Waals surface area contributed by atoms with Crippen molar-refractivity contribution in [3.63, 3.8) is 0 Å². The van der Waals surface area contributed by atoms with Crippen molar-refractivity contribution < 1.29 is 31.6 Å². The van der Waals surface area contributed by atoms with E-state index in [-0.39, 0.29) is 24.9 Å². The predicted molar refractivity (Wildman–Crippen MR) is 80.7 cm³/mol. The molecule has 3 rings (SSSR count). The number of hydrogen-bond donors (Lipinski definition) is 4. The molecule has 0 radical (unpaired) electrons. The molecule has 12 nitrogen and oxygen atoms in total. The van der Waals surface area contributed by atoms with Crippen LogP contribution in [0.4, 0.5) is 4.79 Å². The molecule has 3 fully saturated rings. The summed E-state index contributed by atoms with van der Waals surface area (Å²) < 4.78 is 34.7. The van der Waals surface area contributed by atoms with E-state index < -0.39 is 34.4 Å². The minimum atomic E-state index is -4.83. The number of carbonyl (C=O) groups is 3. The van der Waals surface area contributed by atoms with Crippen LogP contribution in [-0.2, 0) is 24.3 Å². The first-order valence-corrected chi connectivity index (χ1v) is 9.23. The minimum absolute atomic E-state index is 0.0879. The molecule has 2 bridgehead atoms. The second-order valence-electron chi connectivity index (χ2n) is 6.14. The predicted octanol–water partition coefficient (Wildman–Crippen LogP) is -2.11. The SMILES string of the molecule is O=C(NNC(=O)[C@@H]1CC[C@@H]2CN1C(=O)N2OS(=O)(=O)O)[C@@H]1CCCN1. The van der Waals surface area contributed by atoms with E-state index in [1.807, 2.05) is 0 Å². The number of urea groups is 1. The Kier molecular flexibility index (Phi) is 4.81. The molecule has 3 atom stereocenters. The number of hydrazine groups is 1. The van der Waals surface area contributed by atoms with Gasteiger partial charge >= 0.3 is 16.4 Å². The fourth-order valence-electron chi connectivity index (χ4n) is 3.31. The molecule has 140 valence electrons. The Morgan fingerprint density at radius 2 is 1.92 bits per heavy atom. The maximum Gasteiger partial charge on any atom is 0.418 e. The number of carbonyl (C=O) groups excluding carboxylic acids is 3. The highest BCUT2D eigenvalue weighted by atomic mass is 32.3. The lowest BCUT2D eigenvalue weighted by Gasteiger charge is -2.29. The first-order chi connectivity index (χ1) is 11.8. The number of rotatable bonds is 4. The van der Waals surface area contributed by atoms with Crippen LogP contribution in [-0.4, -0.2) is 72.0 Å². The third-order valence-electron chi connectivity index (χ3n) is 4.49. The maximum atomic E-state index is 12.3. The molecular weight excluding hydrogens is 358 g/mol. The Balaban J connectivity index is 1.57. The summed E-state index contributed by atoms with van der Waals surface area (Å²) in [5, 5.41) is 3.55. The molecule has 0 aliphatic carbocycles. The fourth-order valence-corrected chi connectivity index (χ4v) is 3.69. The molecule has 13 heteroatoms. The number of hydrogen-bond acceptors (Lipinski definition) is 7. The molecule has 4 N–H and O–H groups in total. The molecule has 3 aliphatic rings. The summed E-state index contributed by atoms with van der Waals surface area (Å²) in [5.41, 5.74) is 4.62. The molecule has 3 aliphatic heterocycles. The van der Waals surface area contributed by atoms with Crippen molar-refractivity contribution >= 4 is 28.2 Å². The van der Waals surface area contributed by atoms with Crippen molar-refractivity contribution in [2.75, 3.05) is 13.1 Å². The summed E-state index contributed by atoms with van der Waals surface area (Å²) in [5.74, 6) is -0.935. The average molecular weight is 377 g/mol. The Bertz CT molecular complexity index is 677. The molecule has 3 saturated heterocycles. The quantitative estimate of drug-likeness (QED) is 0.320. The zero-order valence-electron chi connectivity index (χ0n) is 13.2. The first-order valence-electron chi connectivity index (χ1n) is 7.86. The van der Waals surface area contributed by atoms with E-state index in [9.17, 15) is 22.8 Å². The molecular formula is C12H19N5O7S. The molecule has 3 heterocycles. The summed E-state index contributed by atoms with van der Waals surface area (Å²) in [4.78, 5) is 37.5. The van der Waals surface area contributed by atoms with Crippen molar-refractivity contribution in [1.82, 2.24) is 26.1 Å². The van der Waals surface area contributed by atoms with Crippen LogP contribution in [0, 0.1) is 0 Å². The van der Waals surface area contributed by atoms with Crippen LogP contribution in [0.2, 0.25) is 0 Å². The summed E-state index contributed by atoms with van der Waals surface area (Å²) in [6.07, 6.45) is 2.14. The maximum absolute atomic E-state index is 12.3. The van der Waals surface area contributed by atoms with Gasteiger partial charge in [-0.3, -0.25) is 25.0 Å². The number of amides is 4. The van der Waals surface area contributed by atoms with Gasteiger partial charge in [0.25, 0.3) is 11.8 Å². The van der Waals surface area contributed by atoms with Gasteiger partial charge < -0.3 is 10.2 Å². The van der Waals surface area contributed by atoms with Crippen LogP contribution in [0.5, 0.6) is 0 Å². The van der Waals surface area contributed by atoms with Crippen LogP contribution in [0.15, 0.2) is 0 Å². The third-order valence-corrected chi connectivity index (χ3v) is 4.83. The molecule has 0 aromatic carbocycles. The zero-order valence-corrected chi connectivity index (χ0v) is 14.0. The van der Waals surface area contributed by atoms with Crippen molar-refractivity contribution in [2.24, 2.45) is 0 Å². The second-order valence-corrected chi connectivity index (χ2v) is 7.14. The molecule has 0 spiro atoms. The lowest BCUT2D eigenvalue weighted by Crippen LogP contribution is -2.56. The topological polar surface area (TPSA) is 157 Å². The fraction of sp³-hybridized carbons (Fsp3) is 0.750. The monoisotopic (exact) mass is 377 g/mol. The number of nitrogens with one attached hydrogen (secondary N) is 3. The Morgan fingerprint density at radius 1 is 1.20 bits per heavy atom. The van der Waals surface area contributed by atoms with E-state index in [0.717, 1.165) is 17.9 Å². The molecule has 4 amide bonds. The van der Waals surface area contributed by atoms with Gasteiger partial charge in [-0.1, -0.05) is 0 Å². The zero-order chi connectivity index (χ0) is 18.2. The van der Waals surface area contributed by atoms with Gasteiger partial charge in [-0.2, -0.15) is 13.5 Å². The molecule has 25 heavy (non-hydrogen) atoms. The average Bonchev–Trinajstić information content (AvgIpc) is 3.16. The van der Waals surface area contributed by atoms with Crippen LogP contribution in [0.1, 0.15) is 25.7 Å². The largest absolute Gasteiger partial charge is 0.418 e. The summed E-state index contributed by atoms with van der Waals surface area (Å²) in [7, 11) is -4.83. The van der Waals surface area contributed by atoms with Gasteiger partial charge in [0, 0.05) is 6.54 Å². The molecule has 0 saturated carbocycles. The molecule has 0 aromatic heterocycles. The Labute approximate surface area is 143 Å². The van der Waals surface area contributed by atoms with Crippen molar-refractivity contribution in [1.29, 1.82) is 0 Å². The summed E-state index contributed by atoms with van der Waals surface area (Å²) >= 11 is 0. The standard InChI is InChI=1S/C12H19N5O7S/c18-10(8-2-1-5-13-8)14-15-11(19)9-4-3-7-6-16(9)12(20)17(7)24-25(21,22)23/h7-9,13H,1-6H2,(H,14,18)(H,15,19)(H,21,22,23)/t7-,8+,9+/m1/s1. The summed E-state index contributed by atoms with van der Waals surface area (Å²) in [6, 6.07) is -2.63. The van der Waals surface area contributed by atoms with E-state index in [1.165, 1.54) is 0 Å². The van der Waals surface area contributed by atoms with E-state index >= 15 is 0 Å². The number of piperidine rings is 1. The van der Waals surface area contributed by atoms with Crippen molar-refractivity contribution in [3.05, 3.63) is 0 Å². The van der Waals surface area contributed by atoms with Crippen LogP contribution < -0.4 is 16.2 Å². The van der Waals surface area contributed by atoms with Gasteiger partial charge in [-0.15, -0.1) is 4.28 Å².